The molecule has 5 heteroatoms. The van der Waals surface area contributed by atoms with Gasteiger partial charge in [-0.2, -0.15) is 0 Å². The maximum atomic E-state index is 4.35. The second kappa shape index (κ2) is 8.87. The highest BCUT2D eigenvalue weighted by Gasteiger charge is 2.20. The molecule has 112 valence electrons. The fourth-order valence-electron chi connectivity index (χ4n) is 2.14. The van der Waals surface area contributed by atoms with Crippen LogP contribution in [0.4, 0.5) is 0 Å². The lowest BCUT2D eigenvalue weighted by Crippen LogP contribution is -2.39. The normalized spacial score (nSPS) is 14.7. The number of rotatable bonds is 5. The Kier molecular flexibility index (Phi) is 7.87. The third-order valence-corrected chi connectivity index (χ3v) is 4.24. The van der Waals surface area contributed by atoms with E-state index in [0.717, 1.165) is 29.4 Å². The molecule has 0 saturated heterocycles. The van der Waals surface area contributed by atoms with Gasteiger partial charge in [-0.1, -0.05) is 47.0 Å². The van der Waals surface area contributed by atoms with Gasteiger partial charge < -0.3 is 10.2 Å². The summed E-state index contributed by atoms with van der Waals surface area (Å²) < 4.78 is 1.15. The Morgan fingerprint density at radius 3 is 2.70 bits per heavy atom. The lowest BCUT2D eigenvalue weighted by Gasteiger charge is -2.22. The molecule has 3 nitrogen and oxygen atoms in total. The number of guanidine groups is 1. The van der Waals surface area contributed by atoms with Crippen LogP contribution in [-0.2, 0) is 6.54 Å². The number of hydrogen-bond donors (Lipinski definition) is 1. The van der Waals surface area contributed by atoms with Gasteiger partial charge in [0.15, 0.2) is 5.96 Å². The quantitative estimate of drug-likeness (QED) is 0.418. The maximum Gasteiger partial charge on any atom is 0.193 e. The van der Waals surface area contributed by atoms with E-state index in [9.17, 15) is 0 Å². The number of benzene rings is 1. The van der Waals surface area contributed by atoms with Gasteiger partial charge in [-0.3, -0.25) is 4.99 Å². The second-order valence-corrected chi connectivity index (χ2v) is 6.01. The number of halogens is 2. The molecule has 0 aliphatic heterocycles. The summed E-state index contributed by atoms with van der Waals surface area (Å²) in [6, 6.07) is 8.32. The lowest BCUT2D eigenvalue weighted by molar-refractivity contribution is 0.473. The van der Waals surface area contributed by atoms with Gasteiger partial charge in [-0.25, -0.2) is 0 Å². The van der Waals surface area contributed by atoms with Gasteiger partial charge in [0, 0.05) is 31.7 Å². The molecule has 0 atom stereocenters. The van der Waals surface area contributed by atoms with Gasteiger partial charge in [0.1, 0.15) is 0 Å². The van der Waals surface area contributed by atoms with E-state index in [1.165, 1.54) is 24.8 Å². The molecule has 1 aromatic rings. The molecule has 0 unspecified atom stereocenters. The Balaban J connectivity index is 0.00000200. The molecule has 1 saturated carbocycles. The van der Waals surface area contributed by atoms with Crippen LogP contribution in [-0.4, -0.2) is 31.5 Å². The van der Waals surface area contributed by atoms with Gasteiger partial charge >= 0.3 is 0 Å². The summed E-state index contributed by atoms with van der Waals surface area (Å²) in [6.45, 7) is 1.88. The molecule has 2 rings (SSSR count). The Labute approximate surface area is 147 Å². The molecular formula is C15H23BrIN3. The molecule has 0 bridgehead atoms. The van der Waals surface area contributed by atoms with Crippen LogP contribution in [0.3, 0.4) is 0 Å². The van der Waals surface area contributed by atoms with Crippen LogP contribution in [0.1, 0.15) is 24.8 Å². The largest absolute Gasteiger partial charge is 0.356 e. The standard InChI is InChI=1S/C15H22BrN3.HI/c1-17-15(18-10-9-12-7-8-12)19(2)11-13-5-3-4-6-14(13)16;/h3-6,12H,7-11H2,1-2H3,(H,17,18);1H. The van der Waals surface area contributed by atoms with E-state index >= 15 is 0 Å². The molecule has 20 heavy (non-hydrogen) atoms. The number of hydrogen-bond acceptors (Lipinski definition) is 1. The van der Waals surface area contributed by atoms with E-state index in [1.54, 1.807) is 0 Å². The van der Waals surface area contributed by atoms with Crippen molar-refractivity contribution in [2.75, 3.05) is 20.6 Å². The van der Waals surface area contributed by atoms with Crippen molar-refractivity contribution in [2.24, 2.45) is 10.9 Å². The fourth-order valence-corrected chi connectivity index (χ4v) is 2.55. The molecule has 0 aromatic heterocycles. The van der Waals surface area contributed by atoms with Gasteiger partial charge in [-0.05, 0) is 24.0 Å². The summed E-state index contributed by atoms with van der Waals surface area (Å²) in [6.07, 6.45) is 4.09. The van der Waals surface area contributed by atoms with Crippen LogP contribution in [0.5, 0.6) is 0 Å². The molecule has 0 radical (unpaired) electrons. The number of nitrogens with zero attached hydrogens (tertiary/aromatic N) is 2. The summed E-state index contributed by atoms with van der Waals surface area (Å²) in [7, 11) is 3.92. The summed E-state index contributed by atoms with van der Waals surface area (Å²) in [5.41, 5.74) is 1.27. The topological polar surface area (TPSA) is 27.6 Å². The van der Waals surface area contributed by atoms with Crippen molar-refractivity contribution in [1.29, 1.82) is 0 Å². The molecule has 0 heterocycles. The van der Waals surface area contributed by atoms with Gasteiger partial charge in [0.25, 0.3) is 0 Å². The van der Waals surface area contributed by atoms with E-state index in [0.29, 0.717) is 0 Å². The smallest absolute Gasteiger partial charge is 0.193 e. The Hall–Kier alpha value is -0.300. The van der Waals surface area contributed by atoms with Crippen molar-refractivity contribution in [1.82, 2.24) is 10.2 Å². The molecule has 1 fully saturated rings. The highest BCUT2D eigenvalue weighted by Crippen LogP contribution is 2.31. The fraction of sp³-hybridized carbons (Fsp3) is 0.533. The minimum Gasteiger partial charge on any atom is -0.356 e. The molecule has 1 aliphatic carbocycles. The van der Waals surface area contributed by atoms with Crippen LogP contribution in [0.25, 0.3) is 0 Å². The zero-order chi connectivity index (χ0) is 13.7. The van der Waals surface area contributed by atoms with E-state index in [1.807, 2.05) is 13.1 Å². The monoisotopic (exact) mass is 451 g/mol. The van der Waals surface area contributed by atoms with Crippen molar-refractivity contribution >= 4 is 45.9 Å². The maximum absolute atomic E-state index is 4.35. The average molecular weight is 452 g/mol. The Bertz CT molecular complexity index is 446. The van der Waals surface area contributed by atoms with Crippen molar-refractivity contribution in [3.63, 3.8) is 0 Å². The number of nitrogens with one attached hydrogen (secondary N) is 1. The van der Waals surface area contributed by atoms with Gasteiger partial charge in [0.05, 0.1) is 0 Å². The SMILES string of the molecule is CN=C(NCCC1CC1)N(C)Cc1ccccc1Br.I. The van der Waals surface area contributed by atoms with E-state index in [-0.39, 0.29) is 24.0 Å². The first kappa shape index (κ1) is 17.8. The third kappa shape index (κ3) is 5.60. The van der Waals surface area contributed by atoms with Crippen molar-refractivity contribution < 1.29 is 0 Å². The predicted molar refractivity (Wildman–Crippen MR) is 99.7 cm³/mol. The van der Waals surface area contributed by atoms with E-state index < -0.39 is 0 Å². The first-order valence-electron chi connectivity index (χ1n) is 6.86. The van der Waals surface area contributed by atoms with Crippen molar-refractivity contribution in [3.8, 4) is 0 Å². The van der Waals surface area contributed by atoms with Crippen LogP contribution in [0, 0.1) is 5.92 Å². The zero-order valence-corrected chi connectivity index (χ0v) is 16.0. The highest BCUT2D eigenvalue weighted by atomic mass is 127. The third-order valence-electron chi connectivity index (χ3n) is 3.47. The molecular weight excluding hydrogens is 429 g/mol. The summed E-state index contributed by atoms with van der Waals surface area (Å²) >= 11 is 3.59. The van der Waals surface area contributed by atoms with Crippen LogP contribution in [0.2, 0.25) is 0 Å². The molecule has 1 aromatic carbocycles. The minimum absolute atomic E-state index is 0. The van der Waals surface area contributed by atoms with Crippen molar-refractivity contribution in [3.05, 3.63) is 34.3 Å². The lowest BCUT2D eigenvalue weighted by atomic mass is 10.2. The molecule has 0 amide bonds. The second-order valence-electron chi connectivity index (χ2n) is 5.15. The van der Waals surface area contributed by atoms with Crippen LogP contribution >= 0.6 is 39.9 Å². The van der Waals surface area contributed by atoms with E-state index in [2.05, 4.69) is 56.4 Å². The first-order chi connectivity index (χ1) is 9.20. The van der Waals surface area contributed by atoms with Crippen LogP contribution < -0.4 is 5.32 Å². The predicted octanol–water partition coefficient (Wildman–Crippen LogP) is 3.87. The first-order valence-corrected chi connectivity index (χ1v) is 7.65. The van der Waals surface area contributed by atoms with Gasteiger partial charge in [-0.15, -0.1) is 24.0 Å². The Morgan fingerprint density at radius 2 is 2.10 bits per heavy atom. The van der Waals surface area contributed by atoms with E-state index in [4.69, 9.17) is 0 Å². The van der Waals surface area contributed by atoms with Crippen LogP contribution in [0.15, 0.2) is 33.7 Å². The highest BCUT2D eigenvalue weighted by molar-refractivity contribution is 14.0. The van der Waals surface area contributed by atoms with Gasteiger partial charge in [0.2, 0.25) is 0 Å². The Morgan fingerprint density at radius 1 is 1.40 bits per heavy atom. The van der Waals surface area contributed by atoms with Crippen molar-refractivity contribution in [2.45, 2.75) is 25.8 Å². The summed E-state index contributed by atoms with van der Waals surface area (Å²) in [4.78, 5) is 6.51. The molecule has 0 spiro atoms. The molecule has 1 aliphatic rings. The summed E-state index contributed by atoms with van der Waals surface area (Å²) in [5, 5.41) is 3.44. The average Bonchev–Trinajstić information content (AvgIpc) is 3.21. The molecule has 1 N–H and O–H groups in total. The summed E-state index contributed by atoms with van der Waals surface area (Å²) in [5.74, 6) is 1.93. The minimum atomic E-state index is 0. The zero-order valence-electron chi connectivity index (χ0n) is 12.1. The number of aliphatic imine (C=N–C) groups is 1.